The van der Waals surface area contributed by atoms with E-state index in [4.69, 9.17) is 4.74 Å². The zero-order valence-electron chi connectivity index (χ0n) is 14.9. The molecule has 2 rings (SSSR count). The van der Waals surface area contributed by atoms with Crippen molar-refractivity contribution in [1.82, 2.24) is 4.90 Å². The zero-order chi connectivity index (χ0) is 15.9. The van der Waals surface area contributed by atoms with Gasteiger partial charge >= 0.3 is 0 Å². The van der Waals surface area contributed by atoms with Gasteiger partial charge in [-0.25, -0.2) is 0 Å². The largest absolute Gasteiger partial charge is 0.496 e. The first-order chi connectivity index (χ1) is 10.8. The highest BCUT2D eigenvalue weighted by Crippen LogP contribution is 2.42. The minimum absolute atomic E-state index is 0.628. The van der Waals surface area contributed by atoms with E-state index in [-0.39, 0.29) is 0 Å². The molecule has 0 heterocycles. The number of nitrogens with zero attached hydrogens (tertiary/aromatic N) is 1. The Morgan fingerprint density at radius 1 is 1.09 bits per heavy atom. The number of hydrogen-bond donors (Lipinski definition) is 0. The summed E-state index contributed by atoms with van der Waals surface area (Å²) in [5.41, 5.74) is 3.02. The Bertz CT molecular complexity index is 437. The molecule has 2 nitrogen and oxygen atoms in total. The van der Waals surface area contributed by atoms with Gasteiger partial charge in [-0.1, -0.05) is 39.3 Å². The van der Waals surface area contributed by atoms with Crippen LogP contribution in [0.1, 0.15) is 69.9 Å². The van der Waals surface area contributed by atoms with E-state index in [1.54, 1.807) is 0 Å². The molecular formula is C20H33NO. The molecule has 0 radical (unpaired) electrons. The third-order valence-electron chi connectivity index (χ3n) is 5.01. The van der Waals surface area contributed by atoms with Crippen LogP contribution in [0.4, 0.5) is 0 Å². The topological polar surface area (TPSA) is 12.5 Å². The molecule has 1 aliphatic rings. The number of fused-ring (bicyclic) bond motifs is 1. The van der Waals surface area contributed by atoms with Gasteiger partial charge in [-0.2, -0.15) is 0 Å². The highest BCUT2D eigenvalue weighted by Gasteiger charge is 2.34. The molecule has 0 aromatic heterocycles. The summed E-state index contributed by atoms with van der Waals surface area (Å²) in [5, 5.41) is 0. The maximum Gasteiger partial charge on any atom is 0.122 e. The van der Waals surface area contributed by atoms with Crippen LogP contribution in [0.15, 0.2) is 18.2 Å². The van der Waals surface area contributed by atoms with Crippen molar-refractivity contribution in [2.45, 2.75) is 71.3 Å². The van der Waals surface area contributed by atoms with Crippen molar-refractivity contribution < 1.29 is 4.74 Å². The predicted molar refractivity (Wildman–Crippen MR) is 94.9 cm³/mol. The number of ether oxygens (including phenoxy) is 1. The highest BCUT2D eigenvalue weighted by atomic mass is 16.5. The van der Waals surface area contributed by atoms with Crippen LogP contribution in [0.3, 0.4) is 0 Å². The summed E-state index contributed by atoms with van der Waals surface area (Å²) < 4.78 is 5.72. The lowest BCUT2D eigenvalue weighted by atomic mass is 9.75. The van der Waals surface area contributed by atoms with Crippen LogP contribution >= 0.6 is 0 Å². The maximum atomic E-state index is 5.72. The summed E-state index contributed by atoms with van der Waals surface area (Å²) >= 11 is 0. The second-order valence-corrected chi connectivity index (χ2v) is 6.57. The van der Waals surface area contributed by atoms with Crippen LogP contribution in [0.25, 0.3) is 0 Å². The average molecular weight is 303 g/mol. The van der Waals surface area contributed by atoms with E-state index in [1.165, 1.54) is 62.7 Å². The van der Waals surface area contributed by atoms with Gasteiger partial charge in [-0.3, -0.25) is 4.90 Å². The van der Waals surface area contributed by atoms with Gasteiger partial charge in [0.25, 0.3) is 0 Å². The molecule has 0 aliphatic heterocycles. The Balaban J connectivity index is 2.36. The van der Waals surface area contributed by atoms with E-state index in [0.717, 1.165) is 5.75 Å². The minimum atomic E-state index is 0.628. The molecule has 2 heteroatoms. The first-order valence-electron chi connectivity index (χ1n) is 9.16. The molecule has 0 amide bonds. The Hall–Kier alpha value is -1.02. The lowest BCUT2D eigenvalue weighted by molar-refractivity contribution is 0.147. The molecule has 0 N–H and O–H groups in total. The minimum Gasteiger partial charge on any atom is -0.496 e. The van der Waals surface area contributed by atoms with Crippen molar-refractivity contribution in [1.29, 1.82) is 0 Å². The molecule has 0 saturated heterocycles. The second kappa shape index (κ2) is 8.57. The molecule has 2 atom stereocenters. The van der Waals surface area contributed by atoms with E-state index < -0.39 is 0 Å². The van der Waals surface area contributed by atoms with E-state index in [2.05, 4.69) is 43.9 Å². The smallest absolute Gasteiger partial charge is 0.122 e. The Labute approximate surface area is 136 Å². The van der Waals surface area contributed by atoms with Gasteiger partial charge < -0.3 is 4.74 Å². The fourth-order valence-corrected chi connectivity index (χ4v) is 4.21. The molecular weight excluding hydrogens is 270 g/mol. The van der Waals surface area contributed by atoms with Gasteiger partial charge in [0.15, 0.2) is 0 Å². The molecule has 1 aliphatic carbocycles. The SMILES string of the molecule is CCCC1c2c(cccc2OC)CCC1N(CCC)CCC. The predicted octanol–water partition coefficient (Wildman–Crippen LogP) is 5.02. The second-order valence-electron chi connectivity index (χ2n) is 6.57. The van der Waals surface area contributed by atoms with Crippen LogP contribution < -0.4 is 4.74 Å². The van der Waals surface area contributed by atoms with Gasteiger partial charge in [-0.05, 0) is 56.8 Å². The van der Waals surface area contributed by atoms with Crippen molar-refractivity contribution in [3.8, 4) is 5.75 Å². The molecule has 2 unspecified atom stereocenters. The van der Waals surface area contributed by atoms with Gasteiger partial charge in [0.05, 0.1) is 7.11 Å². The van der Waals surface area contributed by atoms with Crippen LogP contribution in [-0.4, -0.2) is 31.1 Å². The van der Waals surface area contributed by atoms with E-state index in [1.807, 2.05) is 7.11 Å². The normalized spacial score (nSPS) is 21.0. The van der Waals surface area contributed by atoms with Gasteiger partial charge in [0, 0.05) is 17.5 Å². The Morgan fingerprint density at radius 3 is 2.41 bits per heavy atom. The summed E-state index contributed by atoms with van der Waals surface area (Å²) in [4.78, 5) is 2.75. The quantitative estimate of drug-likeness (QED) is 0.669. The van der Waals surface area contributed by atoms with Crippen LogP contribution in [-0.2, 0) is 6.42 Å². The van der Waals surface area contributed by atoms with Crippen LogP contribution in [0.5, 0.6) is 5.75 Å². The lowest BCUT2D eigenvalue weighted by Gasteiger charge is -2.41. The number of methoxy groups -OCH3 is 1. The first kappa shape index (κ1) is 17.3. The van der Waals surface area contributed by atoms with Crippen LogP contribution in [0.2, 0.25) is 0 Å². The molecule has 1 aromatic rings. The first-order valence-corrected chi connectivity index (χ1v) is 9.16. The van der Waals surface area contributed by atoms with Crippen molar-refractivity contribution in [3.05, 3.63) is 29.3 Å². The van der Waals surface area contributed by atoms with Crippen molar-refractivity contribution in [2.24, 2.45) is 0 Å². The summed E-state index contributed by atoms with van der Waals surface area (Å²) in [5.74, 6) is 1.73. The summed E-state index contributed by atoms with van der Waals surface area (Å²) in [6.07, 6.45) is 7.49. The third-order valence-corrected chi connectivity index (χ3v) is 5.01. The average Bonchev–Trinajstić information content (AvgIpc) is 2.54. The molecule has 0 bridgehead atoms. The van der Waals surface area contributed by atoms with Crippen molar-refractivity contribution in [2.75, 3.05) is 20.2 Å². The van der Waals surface area contributed by atoms with Crippen LogP contribution in [0, 0.1) is 0 Å². The number of benzene rings is 1. The molecule has 0 fully saturated rings. The molecule has 124 valence electrons. The van der Waals surface area contributed by atoms with Gasteiger partial charge in [0.2, 0.25) is 0 Å². The van der Waals surface area contributed by atoms with Crippen molar-refractivity contribution in [3.63, 3.8) is 0 Å². The summed E-state index contributed by atoms with van der Waals surface area (Å²) in [6.45, 7) is 9.36. The standard InChI is InChI=1S/C20H33NO/c1-5-9-17-18(21(14-6-2)15-7-3)13-12-16-10-8-11-19(22-4)20(16)17/h8,10-11,17-18H,5-7,9,12-15H2,1-4H3. The maximum absolute atomic E-state index is 5.72. The van der Waals surface area contributed by atoms with E-state index in [0.29, 0.717) is 12.0 Å². The lowest BCUT2D eigenvalue weighted by Crippen LogP contribution is -2.43. The molecule has 0 saturated carbocycles. The van der Waals surface area contributed by atoms with E-state index >= 15 is 0 Å². The molecule has 0 spiro atoms. The van der Waals surface area contributed by atoms with Gasteiger partial charge in [0.1, 0.15) is 5.75 Å². The summed E-state index contributed by atoms with van der Waals surface area (Å²) in [7, 11) is 1.82. The fourth-order valence-electron chi connectivity index (χ4n) is 4.21. The van der Waals surface area contributed by atoms with Crippen molar-refractivity contribution >= 4 is 0 Å². The molecule has 22 heavy (non-hydrogen) atoms. The molecule has 1 aromatic carbocycles. The van der Waals surface area contributed by atoms with Gasteiger partial charge in [-0.15, -0.1) is 0 Å². The number of hydrogen-bond acceptors (Lipinski definition) is 2. The third kappa shape index (κ3) is 3.65. The highest BCUT2D eigenvalue weighted by molar-refractivity contribution is 5.45. The zero-order valence-corrected chi connectivity index (χ0v) is 14.9. The number of aryl methyl sites for hydroxylation is 1. The number of rotatable bonds is 8. The van der Waals surface area contributed by atoms with E-state index in [9.17, 15) is 0 Å². The summed E-state index contributed by atoms with van der Waals surface area (Å²) in [6, 6.07) is 7.29. The monoisotopic (exact) mass is 303 g/mol. The Morgan fingerprint density at radius 2 is 1.82 bits per heavy atom. The Kier molecular flexibility index (Phi) is 6.75. The fraction of sp³-hybridized carbons (Fsp3) is 0.700.